The van der Waals surface area contributed by atoms with Gasteiger partial charge in [-0.25, -0.2) is 0 Å². The Hall–Kier alpha value is -1.84. The zero-order valence-electron chi connectivity index (χ0n) is 16.4. The molecule has 1 saturated heterocycles. The summed E-state index contributed by atoms with van der Waals surface area (Å²) in [6.45, 7) is 7.65. The summed E-state index contributed by atoms with van der Waals surface area (Å²) >= 11 is 0. The third-order valence-electron chi connectivity index (χ3n) is 6.71. The van der Waals surface area contributed by atoms with Gasteiger partial charge >= 0.3 is 0 Å². The maximum atomic E-state index is 11.2. The van der Waals surface area contributed by atoms with Crippen LogP contribution in [0.1, 0.15) is 42.4 Å². The molecule has 1 heterocycles. The van der Waals surface area contributed by atoms with Gasteiger partial charge in [0, 0.05) is 26.1 Å². The van der Waals surface area contributed by atoms with E-state index >= 15 is 0 Å². The van der Waals surface area contributed by atoms with Gasteiger partial charge in [-0.3, -0.25) is 0 Å². The van der Waals surface area contributed by atoms with Crippen LogP contribution in [0, 0.1) is 18.8 Å². The smallest absolute Gasteiger partial charge is 0.115 e. The van der Waals surface area contributed by atoms with Gasteiger partial charge < -0.3 is 15.1 Å². The Kier molecular flexibility index (Phi) is 5.00. The number of phenols is 1. The first-order valence-electron chi connectivity index (χ1n) is 10.2. The molecule has 27 heavy (non-hydrogen) atoms. The van der Waals surface area contributed by atoms with Crippen LogP contribution in [0.4, 0.5) is 0 Å². The highest BCUT2D eigenvalue weighted by Gasteiger charge is 2.48. The molecule has 3 heteroatoms. The fourth-order valence-electron chi connectivity index (χ4n) is 5.31. The first-order valence-corrected chi connectivity index (χ1v) is 10.2. The van der Waals surface area contributed by atoms with Crippen LogP contribution in [-0.4, -0.2) is 40.3 Å². The third kappa shape index (κ3) is 4.04. The van der Waals surface area contributed by atoms with Gasteiger partial charge in [-0.15, -0.1) is 0 Å². The number of aliphatic hydroxyl groups is 1. The average Bonchev–Trinajstić information content (AvgIpc) is 3.11. The zero-order chi connectivity index (χ0) is 19.0. The molecule has 144 valence electrons. The molecule has 0 amide bonds. The zero-order valence-corrected chi connectivity index (χ0v) is 16.4. The highest BCUT2D eigenvalue weighted by molar-refractivity contribution is 5.29. The predicted octanol–water partition coefficient (Wildman–Crippen LogP) is 4.12. The molecule has 3 nitrogen and oxygen atoms in total. The van der Waals surface area contributed by atoms with E-state index in [1.807, 2.05) is 12.1 Å². The van der Waals surface area contributed by atoms with Crippen molar-refractivity contribution in [3.05, 3.63) is 65.2 Å². The molecule has 2 N–H and O–H groups in total. The number of fused-ring (bicyclic) bond motifs is 1. The van der Waals surface area contributed by atoms with Crippen molar-refractivity contribution in [1.29, 1.82) is 0 Å². The van der Waals surface area contributed by atoms with Gasteiger partial charge in [0.1, 0.15) is 5.75 Å². The lowest BCUT2D eigenvalue weighted by atomic mass is 9.89. The molecule has 4 rings (SSSR count). The van der Waals surface area contributed by atoms with Crippen molar-refractivity contribution >= 4 is 0 Å². The van der Waals surface area contributed by atoms with Crippen LogP contribution in [0.5, 0.6) is 5.75 Å². The molecule has 0 bridgehead atoms. The average molecular weight is 366 g/mol. The summed E-state index contributed by atoms with van der Waals surface area (Å²) in [5.41, 5.74) is 3.32. The van der Waals surface area contributed by atoms with Crippen molar-refractivity contribution in [3.63, 3.8) is 0 Å². The Labute approximate surface area is 162 Å². The van der Waals surface area contributed by atoms with Crippen LogP contribution in [0.15, 0.2) is 48.5 Å². The number of phenolic OH excluding ortho intramolecular Hbond substituents is 1. The van der Waals surface area contributed by atoms with E-state index in [-0.39, 0.29) is 0 Å². The second-order valence-electron chi connectivity index (χ2n) is 8.97. The summed E-state index contributed by atoms with van der Waals surface area (Å²) in [6, 6.07) is 16.0. The lowest BCUT2D eigenvalue weighted by Gasteiger charge is -2.27. The minimum atomic E-state index is -0.532. The molecule has 0 radical (unpaired) electrons. The summed E-state index contributed by atoms with van der Waals surface area (Å²) < 4.78 is 0. The number of nitrogens with zero attached hydrogens (tertiary/aromatic N) is 1. The van der Waals surface area contributed by atoms with Gasteiger partial charge in [-0.1, -0.05) is 43.3 Å². The van der Waals surface area contributed by atoms with E-state index < -0.39 is 5.60 Å². The van der Waals surface area contributed by atoms with Crippen molar-refractivity contribution in [2.75, 3.05) is 19.6 Å². The van der Waals surface area contributed by atoms with Gasteiger partial charge in [0.25, 0.3) is 0 Å². The highest BCUT2D eigenvalue weighted by atomic mass is 16.3. The third-order valence-corrected chi connectivity index (χ3v) is 6.71. The fraction of sp³-hybridized carbons (Fsp3) is 0.500. The molecule has 0 aromatic heterocycles. The molecular weight excluding hydrogens is 334 g/mol. The Morgan fingerprint density at radius 1 is 1.04 bits per heavy atom. The summed E-state index contributed by atoms with van der Waals surface area (Å²) in [7, 11) is 0. The maximum absolute atomic E-state index is 11.2. The van der Waals surface area contributed by atoms with Crippen molar-refractivity contribution in [2.45, 2.75) is 44.6 Å². The van der Waals surface area contributed by atoms with Gasteiger partial charge in [-0.05, 0) is 66.3 Å². The Balaban J connectivity index is 1.34. The van der Waals surface area contributed by atoms with Gasteiger partial charge in [0.05, 0.1) is 5.60 Å². The Morgan fingerprint density at radius 2 is 1.67 bits per heavy atom. The van der Waals surface area contributed by atoms with Crippen LogP contribution in [0.3, 0.4) is 0 Å². The van der Waals surface area contributed by atoms with Crippen LogP contribution < -0.4 is 0 Å². The van der Waals surface area contributed by atoms with Crippen molar-refractivity contribution < 1.29 is 10.2 Å². The summed E-state index contributed by atoms with van der Waals surface area (Å²) in [4.78, 5) is 2.57. The number of aryl methyl sites for hydroxylation is 1. The second kappa shape index (κ2) is 7.29. The number of hydrogen-bond acceptors (Lipinski definition) is 3. The van der Waals surface area contributed by atoms with E-state index in [1.165, 1.54) is 16.7 Å². The summed E-state index contributed by atoms with van der Waals surface area (Å²) in [6.07, 6.45) is 2.64. The quantitative estimate of drug-likeness (QED) is 0.838. The molecule has 2 aromatic rings. The van der Waals surface area contributed by atoms with Crippen LogP contribution in [0.2, 0.25) is 0 Å². The van der Waals surface area contributed by atoms with E-state index in [2.05, 4.69) is 43.0 Å². The molecule has 1 aliphatic carbocycles. The molecule has 1 aliphatic heterocycles. The van der Waals surface area contributed by atoms with Crippen LogP contribution in [-0.2, 0) is 6.42 Å². The molecule has 2 aromatic carbocycles. The van der Waals surface area contributed by atoms with Crippen LogP contribution >= 0.6 is 0 Å². The topological polar surface area (TPSA) is 43.7 Å². The monoisotopic (exact) mass is 365 g/mol. The Morgan fingerprint density at radius 3 is 2.30 bits per heavy atom. The lowest BCUT2D eigenvalue weighted by molar-refractivity contribution is 0.0351. The van der Waals surface area contributed by atoms with E-state index in [4.69, 9.17) is 0 Å². The maximum Gasteiger partial charge on any atom is 0.115 e. The number of likely N-dealkylation sites (tertiary alicyclic amines) is 1. The SMILES string of the molecule is Cc1ccccc1CC1(O)C[C@H]2CN(CC(C)c3ccc(O)cc3)C[C@H]2C1. The predicted molar refractivity (Wildman–Crippen MR) is 109 cm³/mol. The molecule has 2 fully saturated rings. The molecule has 2 aliphatic rings. The van der Waals surface area contributed by atoms with Crippen LogP contribution in [0.25, 0.3) is 0 Å². The standard InChI is InChI=1S/C24H31NO2/c1-17-5-3-4-6-20(17)11-24(27)12-21-15-25(16-22(21)13-24)14-18(2)19-7-9-23(26)10-8-19/h3-10,18,21-22,26-27H,11-16H2,1-2H3/t18?,21-,22+,24?. The van der Waals surface area contributed by atoms with Gasteiger partial charge in [0.2, 0.25) is 0 Å². The van der Waals surface area contributed by atoms with E-state index in [0.717, 1.165) is 38.9 Å². The highest BCUT2D eigenvalue weighted by Crippen LogP contribution is 2.45. The number of rotatable bonds is 5. The van der Waals surface area contributed by atoms with Crippen molar-refractivity contribution in [1.82, 2.24) is 4.90 Å². The summed E-state index contributed by atoms with van der Waals surface area (Å²) in [5.74, 6) is 2.02. The first-order chi connectivity index (χ1) is 12.9. The molecule has 4 atom stereocenters. The molecular formula is C24H31NO2. The second-order valence-corrected chi connectivity index (χ2v) is 8.97. The minimum absolute atomic E-state index is 0.328. The van der Waals surface area contributed by atoms with E-state index in [0.29, 0.717) is 23.5 Å². The first kappa shape index (κ1) is 18.5. The number of aromatic hydroxyl groups is 1. The minimum Gasteiger partial charge on any atom is -0.508 e. The number of hydrogen-bond donors (Lipinski definition) is 2. The molecule has 2 unspecified atom stereocenters. The van der Waals surface area contributed by atoms with Crippen molar-refractivity contribution in [3.8, 4) is 5.75 Å². The van der Waals surface area contributed by atoms with Gasteiger partial charge in [0.15, 0.2) is 0 Å². The number of benzene rings is 2. The van der Waals surface area contributed by atoms with Gasteiger partial charge in [-0.2, -0.15) is 0 Å². The van der Waals surface area contributed by atoms with E-state index in [9.17, 15) is 10.2 Å². The molecule has 0 spiro atoms. The normalized spacial score (nSPS) is 29.0. The largest absolute Gasteiger partial charge is 0.508 e. The molecule has 1 saturated carbocycles. The van der Waals surface area contributed by atoms with Crippen molar-refractivity contribution in [2.24, 2.45) is 11.8 Å². The summed E-state index contributed by atoms with van der Waals surface area (Å²) in [5, 5.41) is 20.7. The lowest BCUT2D eigenvalue weighted by Crippen LogP contribution is -2.33. The van der Waals surface area contributed by atoms with E-state index in [1.54, 1.807) is 12.1 Å². The fourth-order valence-corrected chi connectivity index (χ4v) is 5.31. The Bertz CT molecular complexity index is 771.